The number of anilines is 2. The number of ether oxygens (including phenoxy) is 2. The monoisotopic (exact) mass is 608 g/mol. The zero-order valence-corrected chi connectivity index (χ0v) is 25.3. The van der Waals surface area contributed by atoms with Crippen molar-refractivity contribution in [3.05, 3.63) is 48.1 Å². The van der Waals surface area contributed by atoms with Crippen LogP contribution < -0.4 is 10.1 Å². The fraction of sp³-hybridized carbons (Fsp3) is 0.517. The Kier molecular flexibility index (Phi) is 8.73. The molecule has 1 aliphatic heterocycles. The molecule has 4 heterocycles. The maximum Gasteiger partial charge on any atom is 0.254 e. The summed E-state index contributed by atoms with van der Waals surface area (Å²) in [5.74, 6) is 0.835. The van der Waals surface area contributed by atoms with E-state index in [9.17, 15) is 5.11 Å². The van der Waals surface area contributed by atoms with E-state index in [-0.39, 0.29) is 30.2 Å². The third-order valence-electron chi connectivity index (χ3n) is 8.04. The molecule has 43 heavy (non-hydrogen) atoms. The zero-order chi connectivity index (χ0) is 29.9. The molecule has 0 amide bonds. The van der Waals surface area contributed by atoms with E-state index < -0.39 is 0 Å². The van der Waals surface area contributed by atoms with Crippen LogP contribution >= 0.6 is 11.6 Å². The molecule has 0 spiro atoms. The van der Waals surface area contributed by atoms with Gasteiger partial charge in [-0.3, -0.25) is 9.58 Å². The second-order valence-electron chi connectivity index (χ2n) is 11.5. The van der Waals surface area contributed by atoms with Crippen LogP contribution in [0.3, 0.4) is 0 Å². The minimum atomic E-state index is -0.208. The Balaban J connectivity index is 1.06. The lowest BCUT2D eigenvalue weighted by Crippen LogP contribution is -2.51. The molecular formula is C29H37ClN10O3. The predicted molar refractivity (Wildman–Crippen MR) is 160 cm³/mol. The largest absolute Gasteiger partial charge is 0.491 e. The van der Waals surface area contributed by atoms with E-state index in [2.05, 4.69) is 54.7 Å². The molecule has 1 aromatic carbocycles. The summed E-state index contributed by atoms with van der Waals surface area (Å²) >= 11 is 6.40. The van der Waals surface area contributed by atoms with Gasteiger partial charge >= 0.3 is 0 Å². The van der Waals surface area contributed by atoms with Crippen LogP contribution in [0.25, 0.3) is 11.1 Å². The van der Waals surface area contributed by atoms with Crippen LogP contribution in [0.15, 0.2) is 43.1 Å². The van der Waals surface area contributed by atoms with E-state index in [1.54, 1.807) is 23.1 Å². The Labute approximate surface area is 255 Å². The topological polar surface area (TPSA) is 141 Å². The summed E-state index contributed by atoms with van der Waals surface area (Å²) in [5, 5.41) is 29.7. The molecule has 4 aromatic rings. The van der Waals surface area contributed by atoms with Gasteiger partial charge in [-0.15, -0.1) is 10.2 Å². The lowest BCUT2D eigenvalue weighted by atomic mass is 9.89. The minimum Gasteiger partial charge on any atom is -0.491 e. The summed E-state index contributed by atoms with van der Waals surface area (Å²) < 4.78 is 15.4. The smallest absolute Gasteiger partial charge is 0.254 e. The molecule has 0 radical (unpaired) electrons. The first-order valence-electron chi connectivity index (χ1n) is 14.7. The van der Waals surface area contributed by atoms with Crippen molar-refractivity contribution < 1.29 is 14.6 Å². The molecule has 1 aliphatic carbocycles. The highest BCUT2D eigenvalue weighted by Gasteiger charge is 2.32. The predicted octanol–water partition coefficient (Wildman–Crippen LogP) is 4.49. The van der Waals surface area contributed by atoms with Crippen LogP contribution in [-0.2, 0) is 11.3 Å². The van der Waals surface area contributed by atoms with E-state index in [1.165, 1.54) is 6.33 Å². The average Bonchev–Trinajstić information content (AvgIpc) is 3.63. The second-order valence-corrected chi connectivity index (χ2v) is 12.0. The molecule has 1 saturated heterocycles. The Morgan fingerprint density at radius 1 is 1.07 bits per heavy atom. The number of rotatable bonds is 9. The van der Waals surface area contributed by atoms with Crippen molar-refractivity contribution in [3.63, 3.8) is 0 Å². The maximum absolute atomic E-state index is 10.6. The first kappa shape index (κ1) is 29.3. The van der Waals surface area contributed by atoms with E-state index >= 15 is 0 Å². The number of aromatic nitrogens is 8. The van der Waals surface area contributed by atoms with Crippen molar-refractivity contribution in [1.82, 2.24) is 44.9 Å². The van der Waals surface area contributed by atoms with Gasteiger partial charge in [0.25, 0.3) is 5.88 Å². The molecule has 2 fully saturated rings. The van der Waals surface area contributed by atoms with Crippen LogP contribution in [0.5, 0.6) is 11.6 Å². The van der Waals surface area contributed by atoms with Crippen LogP contribution in [0.4, 0.5) is 11.6 Å². The number of hydrogen-bond acceptors (Lipinski definition) is 11. The van der Waals surface area contributed by atoms with Crippen molar-refractivity contribution in [2.45, 2.75) is 83.4 Å². The highest BCUT2D eigenvalue weighted by Crippen LogP contribution is 2.35. The zero-order valence-electron chi connectivity index (χ0n) is 24.5. The lowest BCUT2D eigenvalue weighted by Gasteiger charge is -2.42. The van der Waals surface area contributed by atoms with Gasteiger partial charge in [0, 0.05) is 37.1 Å². The number of nitrogens with one attached hydrogen (secondary N) is 1. The van der Waals surface area contributed by atoms with Gasteiger partial charge in [-0.1, -0.05) is 17.7 Å². The SMILES string of the molecule is CC(Cn1cnnn1)Oc1cc(-c2cnc(Nc3cn([C@H]4CC[C@H](N5C[C@@H](C)O[C@@H](C)C5)CC4)nc3O)nc2)ccc1Cl. The Hall–Kier alpha value is -3.81. The van der Waals surface area contributed by atoms with E-state index in [1.807, 2.05) is 29.9 Å². The Morgan fingerprint density at radius 2 is 1.79 bits per heavy atom. The number of aromatic hydroxyl groups is 1. The Bertz CT molecular complexity index is 1480. The van der Waals surface area contributed by atoms with Gasteiger partial charge in [-0.25, -0.2) is 14.6 Å². The molecule has 2 N–H and O–H groups in total. The molecule has 13 nitrogen and oxygen atoms in total. The highest BCUT2D eigenvalue weighted by molar-refractivity contribution is 6.32. The molecule has 1 unspecified atom stereocenters. The fourth-order valence-electron chi connectivity index (χ4n) is 6.08. The summed E-state index contributed by atoms with van der Waals surface area (Å²) in [6.07, 6.45) is 11.4. The van der Waals surface area contributed by atoms with Gasteiger partial charge in [-0.2, -0.15) is 0 Å². The summed E-state index contributed by atoms with van der Waals surface area (Å²) in [6, 6.07) is 6.34. The normalized spacial score (nSPS) is 23.6. The second kappa shape index (κ2) is 12.8. The summed E-state index contributed by atoms with van der Waals surface area (Å²) in [4.78, 5) is 11.5. The number of halogens is 1. The van der Waals surface area contributed by atoms with Gasteiger partial charge in [0.15, 0.2) is 0 Å². The first-order chi connectivity index (χ1) is 20.8. The molecule has 6 rings (SSSR count). The number of nitrogens with zero attached hydrogens (tertiary/aromatic N) is 9. The molecule has 0 bridgehead atoms. The van der Waals surface area contributed by atoms with Crippen LogP contribution in [0.1, 0.15) is 52.5 Å². The van der Waals surface area contributed by atoms with Gasteiger partial charge < -0.3 is 19.9 Å². The molecule has 2 aliphatic rings. The van der Waals surface area contributed by atoms with Gasteiger partial charge in [-0.05, 0) is 74.6 Å². The Morgan fingerprint density at radius 3 is 2.49 bits per heavy atom. The first-order valence-corrected chi connectivity index (χ1v) is 15.1. The minimum absolute atomic E-state index is 0.0686. The maximum atomic E-state index is 10.6. The third kappa shape index (κ3) is 7.06. The summed E-state index contributed by atoms with van der Waals surface area (Å²) in [5.41, 5.74) is 2.12. The van der Waals surface area contributed by atoms with Crippen LogP contribution in [0, 0.1) is 0 Å². The molecule has 3 atom stereocenters. The standard InChI is InChI=1S/C29H37ClN10O3/c1-18-13-38(14-19(2)42-18)23-5-7-24(8-6-23)40-16-26(28(41)35-40)34-29-31-11-22(12-32-29)21-4-9-25(30)27(10-21)43-20(3)15-39-17-33-36-37-39/h4,9-12,16-20,23-24H,5-8,13-15H2,1-3H3,(H,35,41)(H,31,32,34)/t18-,19+,20?,23-,24-. The quantitative estimate of drug-likeness (QED) is 0.277. The molecule has 1 saturated carbocycles. The van der Waals surface area contributed by atoms with Gasteiger partial charge in [0.05, 0.1) is 36.0 Å². The van der Waals surface area contributed by atoms with E-state index in [0.717, 1.165) is 49.9 Å². The van der Waals surface area contributed by atoms with E-state index in [0.29, 0.717) is 35.0 Å². The highest BCUT2D eigenvalue weighted by atomic mass is 35.5. The number of benzene rings is 1. The average molecular weight is 609 g/mol. The molecular weight excluding hydrogens is 572 g/mol. The number of tetrazole rings is 1. The van der Waals surface area contributed by atoms with Crippen LogP contribution in [-0.4, -0.2) is 87.4 Å². The summed E-state index contributed by atoms with van der Waals surface area (Å²) in [7, 11) is 0. The van der Waals surface area contributed by atoms with Crippen molar-refractivity contribution in [3.8, 4) is 22.8 Å². The van der Waals surface area contributed by atoms with Crippen molar-refractivity contribution in [1.29, 1.82) is 0 Å². The molecule has 3 aromatic heterocycles. The third-order valence-corrected chi connectivity index (χ3v) is 8.36. The van der Waals surface area contributed by atoms with Crippen molar-refractivity contribution in [2.75, 3.05) is 18.4 Å². The number of morpholine rings is 1. The van der Waals surface area contributed by atoms with Crippen molar-refractivity contribution >= 4 is 23.2 Å². The number of hydrogen-bond donors (Lipinski definition) is 2. The summed E-state index contributed by atoms with van der Waals surface area (Å²) in [6.45, 7) is 8.68. The van der Waals surface area contributed by atoms with Crippen molar-refractivity contribution in [2.24, 2.45) is 0 Å². The molecule has 228 valence electrons. The van der Waals surface area contributed by atoms with Gasteiger partial charge in [0.1, 0.15) is 23.9 Å². The van der Waals surface area contributed by atoms with Gasteiger partial charge in [0.2, 0.25) is 5.95 Å². The lowest BCUT2D eigenvalue weighted by molar-refractivity contribution is -0.0852. The fourth-order valence-corrected chi connectivity index (χ4v) is 6.24. The molecule has 14 heteroatoms. The van der Waals surface area contributed by atoms with E-state index in [4.69, 9.17) is 21.1 Å². The van der Waals surface area contributed by atoms with Crippen LogP contribution in [0.2, 0.25) is 5.02 Å².